The van der Waals surface area contributed by atoms with Gasteiger partial charge in [-0.05, 0) is 84.8 Å². The second kappa shape index (κ2) is 21.3. The van der Waals surface area contributed by atoms with Crippen molar-refractivity contribution in [3.8, 4) is 22.3 Å². The summed E-state index contributed by atoms with van der Waals surface area (Å²) in [5, 5.41) is 16.0. The molecule has 4 radical (unpaired) electrons. The summed E-state index contributed by atoms with van der Waals surface area (Å²) in [6, 6.07) is 72.3. The molecular formula is C57H47Cl2NSiZr. The normalized spacial score (nSPS) is 10.7. The van der Waals surface area contributed by atoms with Crippen LogP contribution in [0.5, 0.6) is 0 Å². The molecule has 0 heterocycles. The van der Waals surface area contributed by atoms with Crippen LogP contribution in [0.4, 0.5) is 0 Å². The SMILES string of the molecule is CCc1cc2c(-c3cc4ccccc4c4ccccc34)cccc2[cH-]1.CCc1cc2c(-c3cc4ccccc4c4ccccc34)cccc2[cH-]1.NCc1ccccc1.[Cl][Zr+2][Cl].[Si]. The molecule has 62 heavy (non-hydrogen) atoms. The van der Waals surface area contributed by atoms with Crippen LogP contribution in [0.25, 0.3) is 86.9 Å². The van der Waals surface area contributed by atoms with Crippen LogP contribution in [0, 0.1) is 0 Å². The molecule has 0 unspecified atom stereocenters. The van der Waals surface area contributed by atoms with Gasteiger partial charge in [-0.3, -0.25) is 0 Å². The third-order valence-electron chi connectivity index (χ3n) is 11.6. The second-order valence-corrected chi connectivity index (χ2v) is 18.9. The standard InChI is InChI=1S/2C25H19.C7H9N.2ClH.Si.Zr/c2*1-2-17-14-18-9-7-13-23(24(18)15-17)25-16-19-8-3-4-10-20(19)21-11-5-6-12-22(21)25;8-6-7-4-2-1-3-5-7;;;;/h2*3-16H,2H2,1H3;1-5H,6,8H2;2*1H;;/q2*-1;;;;;+4/p-2. The van der Waals surface area contributed by atoms with Gasteiger partial charge < -0.3 is 5.73 Å². The first-order chi connectivity index (χ1) is 30.0. The van der Waals surface area contributed by atoms with Crippen LogP contribution in [0.1, 0.15) is 30.5 Å². The maximum atomic E-state index is 5.35. The number of benzene rings is 9. The third-order valence-corrected chi connectivity index (χ3v) is 11.6. The quantitative estimate of drug-likeness (QED) is 0.104. The van der Waals surface area contributed by atoms with E-state index >= 15 is 0 Å². The summed E-state index contributed by atoms with van der Waals surface area (Å²) < 4.78 is 0. The van der Waals surface area contributed by atoms with Crippen molar-refractivity contribution in [3.63, 3.8) is 0 Å². The van der Waals surface area contributed by atoms with Crippen LogP contribution in [-0.4, -0.2) is 11.0 Å². The fourth-order valence-electron chi connectivity index (χ4n) is 8.64. The molecule has 0 aliphatic heterocycles. The molecule has 5 heteroatoms. The minimum atomic E-state index is -0.826. The number of halogens is 2. The molecule has 11 aromatic rings. The summed E-state index contributed by atoms with van der Waals surface area (Å²) in [5.41, 5.74) is 14.7. The Hall–Kier alpha value is -5.12. The van der Waals surface area contributed by atoms with Gasteiger partial charge in [-0.2, -0.15) is 12.1 Å². The van der Waals surface area contributed by atoms with Crippen molar-refractivity contribution in [2.75, 3.05) is 0 Å². The minimum absolute atomic E-state index is 0. The monoisotopic (exact) mass is 933 g/mol. The van der Waals surface area contributed by atoms with E-state index in [1.165, 1.54) is 104 Å². The number of hydrogen-bond donors (Lipinski definition) is 1. The van der Waals surface area contributed by atoms with Crippen molar-refractivity contribution in [2.45, 2.75) is 33.2 Å². The van der Waals surface area contributed by atoms with Crippen LogP contribution in [0.15, 0.2) is 200 Å². The average Bonchev–Trinajstić information content (AvgIpc) is 3.97. The van der Waals surface area contributed by atoms with E-state index in [1.54, 1.807) is 0 Å². The molecule has 0 bridgehead atoms. The van der Waals surface area contributed by atoms with E-state index < -0.39 is 20.8 Å². The zero-order valence-corrected chi connectivity index (χ0v) is 40.0. The van der Waals surface area contributed by atoms with Crippen LogP contribution < -0.4 is 5.73 Å². The molecule has 0 saturated carbocycles. The number of nitrogens with two attached hydrogens (primary N) is 1. The first-order valence-electron chi connectivity index (χ1n) is 20.9. The van der Waals surface area contributed by atoms with Gasteiger partial charge in [-0.25, -0.2) is 0 Å². The average molecular weight is 936 g/mol. The van der Waals surface area contributed by atoms with Crippen LogP contribution in [-0.2, 0) is 40.2 Å². The van der Waals surface area contributed by atoms with E-state index in [9.17, 15) is 0 Å². The van der Waals surface area contributed by atoms with E-state index in [-0.39, 0.29) is 11.0 Å². The minimum Gasteiger partial charge on any atom is 0 e. The Labute approximate surface area is 388 Å². The Morgan fingerprint density at radius 3 is 1.16 bits per heavy atom. The molecular weight excluding hydrogens is 889 g/mol. The number of fused-ring (bicyclic) bond motifs is 8. The Morgan fingerprint density at radius 1 is 0.403 bits per heavy atom. The predicted molar refractivity (Wildman–Crippen MR) is 271 cm³/mol. The second-order valence-electron chi connectivity index (χ2n) is 15.2. The van der Waals surface area contributed by atoms with Gasteiger partial charge in [-0.1, -0.05) is 165 Å². The third kappa shape index (κ3) is 9.59. The van der Waals surface area contributed by atoms with Crippen molar-refractivity contribution in [3.05, 3.63) is 217 Å². The maximum Gasteiger partial charge on any atom is 0 e. The molecule has 2 N–H and O–H groups in total. The Balaban J connectivity index is 0.000000149. The summed E-state index contributed by atoms with van der Waals surface area (Å²) in [6.45, 7) is 5.08. The summed E-state index contributed by atoms with van der Waals surface area (Å²) in [4.78, 5) is 0. The molecule has 0 fully saturated rings. The van der Waals surface area contributed by atoms with Crippen LogP contribution in [0.2, 0.25) is 0 Å². The fraction of sp³-hybridized carbons (Fsp3) is 0.0877. The first kappa shape index (κ1) is 44.9. The van der Waals surface area contributed by atoms with Gasteiger partial charge >= 0.3 is 37.9 Å². The van der Waals surface area contributed by atoms with Gasteiger partial charge in [0.1, 0.15) is 0 Å². The zero-order chi connectivity index (χ0) is 42.1. The summed E-state index contributed by atoms with van der Waals surface area (Å²) in [7, 11) is 9.87. The van der Waals surface area contributed by atoms with E-state index in [2.05, 4.69) is 184 Å². The Morgan fingerprint density at radius 2 is 0.774 bits per heavy atom. The zero-order valence-electron chi connectivity index (χ0n) is 35.0. The van der Waals surface area contributed by atoms with Gasteiger partial charge in [0.2, 0.25) is 0 Å². The summed E-state index contributed by atoms with van der Waals surface area (Å²) in [6.07, 6.45) is 2.15. The Kier molecular flexibility index (Phi) is 15.4. The molecule has 11 aromatic carbocycles. The molecule has 0 spiro atoms. The van der Waals surface area contributed by atoms with Crippen molar-refractivity contribution >= 4 is 92.6 Å². The smallest absolute Gasteiger partial charge is 0 e. The Bertz CT molecular complexity index is 3020. The molecule has 0 aliphatic rings. The van der Waals surface area contributed by atoms with Crippen LogP contribution in [0.3, 0.4) is 0 Å². The number of aryl methyl sites for hydroxylation is 2. The van der Waals surface area contributed by atoms with E-state index in [0.29, 0.717) is 6.54 Å². The van der Waals surface area contributed by atoms with Crippen molar-refractivity contribution < 1.29 is 20.8 Å². The maximum absolute atomic E-state index is 5.35. The molecule has 302 valence electrons. The number of hydrogen-bond acceptors (Lipinski definition) is 1. The van der Waals surface area contributed by atoms with Crippen molar-refractivity contribution in [1.82, 2.24) is 0 Å². The molecule has 0 aliphatic carbocycles. The number of rotatable bonds is 5. The van der Waals surface area contributed by atoms with Gasteiger partial charge in [0.15, 0.2) is 0 Å². The van der Waals surface area contributed by atoms with Crippen molar-refractivity contribution in [1.29, 1.82) is 0 Å². The summed E-state index contributed by atoms with van der Waals surface area (Å²) in [5.74, 6) is 0. The van der Waals surface area contributed by atoms with Gasteiger partial charge in [0.25, 0.3) is 0 Å². The van der Waals surface area contributed by atoms with Gasteiger partial charge in [0, 0.05) is 17.5 Å². The molecule has 0 saturated heterocycles. The fourth-order valence-corrected chi connectivity index (χ4v) is 8.64. The molecule has 1 nitrogen and oxygen atoms in total. The van der Waals surface area contributed by atoms with E-state index in [4.69, 9.17) is 22.8 Å². The van der Waals surface area contributed by atoms with Crippen molar-refractivity contribution in [2.24, 2.45) is 5.73 Å². The first-order valence-corrected chi connectivity index (χ1v) is 27.3. The predicted octanol–water partition coefficient (Wildman–Crippen LogP) is 16.3. The topological polar surface area (TPSA) is 26.0 Å². The molecule has 11 rings (SSSR count). The summed E-state index contributed by atoms with van der Waals surface area (Å²) >= 11 is -0.826. The van der Waals surface area contributed by atoms with Gasteiger partial charge in [-0.15, -0.1) is 69.1 Å². The van der Waals surface area contributed by atoms with Crippen LogP contribution >= 0.6 is 17.0 Å². The van der Waals surface area contributed by atoms with Gasteiger partial charge in [0.05, 0.1) is 0 Å². The molecule has 0 atom stereocenters. The largest absolute Gasteiger partial charge is 0 e. The van der Waals surface area contributed by atoms with E-state index in [0.717, 1.165) is 12.8 Å². The molecule has 0 amide bonds. The molecule has 0 aromatic heterocycles. The van der Waals surface area contributed by atoms with E-state index in [1.807, 2.05) is 30.3 Å².